The van der Waals surface area contributed by atoms with E-state index in [9.17, 15) is 4.79 Å². The summed E-state index contributed by atoms with van der Waals surface area (Å²) < 4.78 is 1.66. The molecular formula is C10H14N6O. The third-order valence-electron chi connectivity index (χ3n) is 2.33. The fourth-order valence-corrected chi connectivity index (χ4v) is 1.54. The second-order valence-corrected chi connectivity index (χ2v) is 3.68. The zero-order chi connectivity index (χ0) is 12.4. The van der Waals surface area contributed by atoms with Crippen LogP contribution >= 0.6 is 0 Å². The molecule has 7 nitrogen and oxygen atoms in total. The van der Waals surface area contributed by atoms with Crippen molar-refractivity contribution in [3.63, 3.8) is 0 Å². The Morgan fingerprint density at radius 1 is 1.65 bits per heavy atom. The molecule has 2 heterocycles. The molecule has 0 unspecified atom stereocenters. The highest BCUT2D eigenvalue weighted by Gasteiger charge is 2.13. The second kappa shape index (κ2) is 4.28. The van der Waals surface area contributed by atoms with Crippen molar-refractivity contribution >= 4 is 17.4 Å². The number of anilines is 2. The van der Waals surface area contributed by atoms with Gasteiger partial charge >= 0.3 is 0 Å². The first-order chi connectivity index (χ1) is 8.10. The topological polar surface area (TPSA) is 102 Å². The first-order valence-electron chi connectivity index (χ1n) is 5.25. The predicted molar refractivity (Wildman–Crippen MR) is 63.5 cm³/mol. The fraction of sp³-hybridized carbons (Fsp3) is 0.300. The predicted octanol–water partition coefficient (Wildman–Crippen LogP) is 0.540. The minimum absolute atomic E-state index is 0.281. The van der Waals surface area contributed by atoms with Gasteiger partial charge in [0, 0.05) is 19.3 Å². The quantitative estimate of drug-likeness (QED) is 0.721. The second-order valence-electron chi connectivity index (χ2n) is 3.68. The molecule has 7 heteroatoms. The monoisotopic (exact) mass is 234 g/mol. The summed E-state index contributed by atoms with van der Waals surface area (Å²) in [5.41, 5.74) is 7.30. The van der Waals surface area contributed by atoms with E-state index in [2.05, 4.69) is 20.6 Å². The van der Waals surface area contributed by atoms with Gasteiger partial charge in [-0.3, -0.25) is 14.6 Å². The lowest BCUT2D eigenvalue weighted by molar-refractivity contribution is 0.102. The molecule has 0 fully saturated rings. The molecular weight excluding hydrogens is 220 g/mol. The highest BCUT2D eigenvalue weighted by molar-refractivity contribution is 6.03. The third-order valence-corrected chi connectivity index (χ3v) is 2.33. The first kappa shape index (κ1) is 11.2. The van der Waals surface area contributed by atoms with Crippen molar-refractivity contribution in [2.45, 2.75) is 13.3 Å². The van der Waals surface area contributed by atoms with E-state index in [0.29, 0.717) is 11.4 Å². The summed E-state index contributed by atoms with van der Waals surface area (Å²) in [4.78, 5) is 11.8. The molecule has 0 atom stereocenters. The summed E-state index contributed by atoms with van der Waals surface area (Å²) >= 11 is 0. The van der Waals surface area contributed by atoms with Gasteiger partial charge in [0.25, 0.3) is 5.91 Å². The van der Waals surface area contributed by atoms with Gasteiger partial charge in [-0.1, -0.05) is 6.92 Å². The van der Waals surface area contributed by atoms with Crippen LogP contribution in [0.4, 0.5) is 11.5 Å². The summed E-state index contributed by atoms with van der Waals surface area (Å²) in [6.07, 6.45) is 2.51. The molecule has 2 rings (SSSR count). The molecule has 4 N–H and O–H groups in total. The van der Waals surface area contributed by atoms with Crippen molar-refractivity contribution < 1.29 is 4.79 Å². The van der Waals surface area contributed by atoms with Gasteiger partial charge in [0.2, 0.25) is 0 Å². The Labute approximate surface area is 98.0 Å². The van der Waals surface area contributed by atoms with Crippen molar-refractivity contribution in [3.05, 3.63) is 23.7 Å². The number of nitrogens with zero attached hydrogens (tertiary/aromatic N) is 3. The first-order valence-corrected chi connectivity index (χ1v) is 5.25. The number of carbonyl (C=O) groups excluding carboxylic acids is 1. The van der Waals surface area contributed by atoms with Gasteiger partial charge in [-0.05, 0) is 6.42 Å². The summed E-state index contributed by atoms with van der Waals surface area (Å²) in [7, 11) is 1.81. The van der Waals surface area contributed by atoms with E-state index in [1.807, 2.05) is 14.0 Å². The normalized spacial score (nSPS) is 10.5. The van der Waals surface area contributed by atoms with Gasteiger partial charge < -0.3 is 11.1 Å². The Morgan fingerprint density at radius 2 is 2.41 bits per heavy atom. The highest BCUT2D eigenvalue weighted by atomic mass is 16.1. The van der Waals surface area contributed by atoms with Gasteiger partial charge in [0.1, 0.15) is 11.5 Å². The van der Waals surface area contributed by atoms with Crippen LogP contribution in [0, 0.1) is 0 Å². The molecule has 2 aromatic heterocycles. The van der Waals surface area contributed by atoms with Crippen LogP contribution in [0.25, 0.3) is 0 Å². The van der Waals surface area contributed by atoms with Crippen LogP contribution in [-0.2, 0) is 13.5 Å². The molecule has 17 heavy (non-hydrogen) atoms. The number of carbonyl (C=O) groups is 1. The number of nitrogens with one attached hydrogen (secondary N) is 2. The zero-order valence-electron chi connectivity index (χ0n) is 9.69. The molecule has 0 spiro atoms. The lowest BCUT2D eigenvalue weighted by atomic mass is 10.3. The van der Waals surface area contributed by atoms with E-state index < -0.39 is 0 Å². The van der Waals surface area contributed by atoms with Gasteiger partial charge in [-0.15, -0.1) is 0 Å². The molecule has 0 saturated carbocycles. The Bertz CT molecular complexity index is 541. The van der Waals surface area contributed by atoms with Crippen LogP contribution in [0.1, 0.15) is 23.1 Å². The van der Waals surface area contributed by atoms with Crippen molar-refractivity contribution in [2.24, 2.45) is 7.05 Å². The summed E-state index contributed by atoms with van der Waals surface area (Å²) in [5.74, 6) is 0.00829. The molecule has 0 radical (unpaired) electrons. The number of nitrogens with two attached hydrogens (primary N) is 1. The Kier molecular flexibility index (Phi) is 2.82. The van der Waals surface area contributed by atoms with E-state index in [0.717, 1.165) is 12.1 Å². The molecule has 90 valence electrons. The Balaban J connectivity index is 2.18. The van der Waals surface area contributed by atoms with Crippen LogP contribution in [0.15, 0.2) is 12.3 Å². The minimum atomic E-state index is -0.281. The number of H-pyrrole nitrogens is 1. The summed E-state index contributed by atoms with van der Waals surface area (Å²) in [6, 6.07) is 1.48. The largest absolute Gasteiger partial charge is 0.382 e. The molecule has 0 saturated heterocycles. The van der Waals surface area contributed by atoms with E-state index in [-0.39, 0.29) is 11.7 Å². The highest BCUT2D eigenvalue weighted by Crippen LogP contribution is 2.14. The maximum Gasteiger partial charge on any atom is 0.273 e. The number of hydrogen-bond donors (Lipinski definition) is 3. The van der Waals surface area contributed by atoms with Crippen molar-refractivity contribution in [2.75, 3.05) is 11.1 Å². The number of aromatic nitrogens is 4. The lowest BCUT2D eigenvalue weighted by Gasteiger charge is -2.01. The molecule has 0 aliphatic carbocycles. The van der Waals surface area contributed by atoms with E-state index in [4.69, 9.17) is 5.73 Å². The summed E-state index contributed by atoms with van der Waals surface area (Å²) in [6.45, 7) is 1.98. The standard InChI is InChI=1S/C10H14N6O/c1-3-6-8(5-16(2)15-6)12-10(17)7-4-9(11)14-13-7/h4-5H,3H2,1-2H3,(H,12,17)(H3,11,13,14). The van der Waals surface area contributed by atoms with E-state index >= 15 is 0 Å². The van der Waals surface area contributed by atoms with Crippen LogP contribution < -0.4 is 11.1 Å². The number of hydrogen-bond acceptors (Lipinski definition) is 4. The minimum Gasteiger partial charge on any atom is -0.382 e. The van der Waals surface area contributed by atoms with Crippen LogP contribution in [-0.4, -0.2) is 25.9 Å². The van der Waals surface area contributed by atoms with Gasteiger partial charge in [0.05, 0.1) is 11.4 Å². The lowest BCUT2D eigenvalue weighted by Crippen LogP contribution is -2.13. The molecule has 0 aromatic carbocycles. The van der Waals surface area contributed by atoms with Gasteiger partial charge in [-0.2, -0.15) is 10.2 Å². The average Bonchev–Trinajstić information content (AvgIpc) is 2.85. The van der Waals surface area contributed by atoms with Crippen LogP contribution in [0.2, 0.25) is 0 Å². The number of nitrogen functional groups attached to an aromatic ring is 1. The van der Waals surface area contributed by atoms with Crippen LogP contribution in [0.3, 0.4) is 0 Å². The maximum absolute atomic E-state index is 11.8. The molecule has 1 amide bonds. The maximum atomic E-state index is 11.8. The molecule has 0 aliphatic heterocycles. The number of rotatable bonds is 3. The van der Waals surface area contributed by atoms with Gasteiger partial charge in [0.15, 0.2) is 0 Å². The fourth-order valence-electron chi connectivity index (χ4n) is 1.54. The average molecular weight is 234 g/mol. The molecule has 2 aromatic rings. The van der Waals surface area contributed by atoms with Crippen LogP contribution in [0.5, 0.6) is 0 Å². The number of amides is 1. The zero-order valence-corrected chi connectivity index (χ0v) is 9.69. The number of aromatic amines is 1. The Morgan fingerprint density at radius 3 is 3.00 bits per heavy atom. The summed E-state index contributed by atoms with van der Waals surface area (Å²) in [5, 5.41) is 13.2. The third kappa shape index (κ3) is 2.27. The molecule has 0 bridgehead atoms. The molecule has 0 aliphatic rings. The van der Waals surface area contributed by atoms with Crippen molar-refractivity contribution in [1.29, 1.82) is 0 Å². The smallest absolute Gasteiger partial charge is 0.273 e. The van der Waals surface area contributed by atoms with E-state index in [1.54, 1.807) is 10.9 Å². The number of aryl methyl sites for hydroxylation is 2. The SMILES string of the molecule is CCc1nn(C)cc1NC(=O)c1cc(N)n[nH]1. The van der Waals surface area contributed by atoms with Crippen molar-refractivity contribution in [3.8, 4) is 0 Å². The van der Waals surface area contributed by atoms with Gasteiger partial charge in [-0.25, -0.2) is 0 Å². The van der Waals surface area contributed by atoms with E-state index in [1.165, 1.54) is 6.07 Å². The Hall–Kier alpha value is -2.31. The van der Waals surface area contributed by atoms with Crippen molar-refractivity contribution in [1.82, 2.24) is 20.0 Å².